The van der Waals surface area contributed by atoms with Crippen LogP contribution in [0.2, 0.25) is 0 Å². The number of ether oxygens (including phenoxy) is 2. The summed E-state index contributed by atoms with van der Waals surface area (Å²) in [5, 5.41) is 12.5. The Labute approximate surface area is 215 Å². The van der Waals surface area contributed by atoms with Gasteiger partial charge < -0.3 is 25.6 Å². The van der Waals surface area contributed by atoms with Crippen LogP contribution in [0, 0.1) is 5.92 Å². The van der Waals surface area contributed by atoms with Gasteiger partial charge in [0.15, 0.2) is 0 Å². The molecule has 2 aliphatic rings. The molecule has 5 rings (SSSR count). The number of hydrogen-bond acceptors (Lipinski definition) is 6. The molecule has 0 fully saturated rings. The Hall–Kier alpha value is -4.41. The number of nitrogens with one attached hydrogen (secondary N) is 1. The molecule has 38 heavy (non-hydrogen) atoms. The first-order valence-electron chi connectivity index (χ1n) is 11.8. The van der Waals surface area contributed by atoms with Crippen molar-refractivity contribution >= 4 is 34.6 Å². The van der Waals surface area contributed by atoms with E-state index in [0.717, 1.165) is 0 Å². The number of nitrogens with zero attached hydrogens (tertiary/aromatic N) is 1. The number of rotatable bonds is 6. The molecule has 0 saturated heterocycles. The van der Waals surface area contributed by atoms with E-state index in [9.17, 15) is 27.9 Å². The van der Waals surface area contributed by atoms with Crippen LogP contribution in [0.4, 0.5) is 35.9 Å². The number of nitrogens with two attached hydrogens (primary N) is 1. The highest BCUT2D eigenvalue weighted by atomic mass is 19.4. The second-order valence-corrected chi connectivity index (χ2v) is 9.20. The molecule has 0 spiro atoms. The van der Waals surface area contributed by atoms with Gasteiger partial charge >= 0.3 is 18.1 Å². The van der Waals surface area contributed by atoms with E-state index >= 15 is 0 Å². The highest BCUT2D eigenvalue weighted by molar-refractivity contribution is 5.98. The fourth-order valence-electron chi connectivity index (χ4n) is 4.83. The fraction of sp³-hybridized carbons (Fsp3) is 0.259. The summed E-state index contributed by atoms with van der Waals surface area (Å²) < 4.78 is 52.9. The summed E-state index contributed by atoms with van der Waals surface area (Å²) in [4.78, 5) is 24.9. The van der Waals surface area contributed by atoms with E-state index in [1.807, 2.05) is 0 Å². The van der Waals surface area contributed by atoms with Crippen molar-refractivity contribution in [1.82, 2.24) is 0 Å². The summed E-state index contributed by atoms with van der Waals surface area (Å²) in [6.07, 6.45) is -5.16. The van der Waals surface area contributed by atoms with Crippen molar-refractivity contribution in [1.29, 1.82) is 0 Å². The topological polar surface area (TPSA) is 114 Å². The lowest BCUT2D eigenvalue weighted by Gasteiger charge is -2.29. The molecular weight excluding hydrogens is 503 g/mol. The molecule has 0 aromatic heterocycles. The maximum absolute atomic E-state index is 13.8. The molecule has 8 nitrogen and oxygen atoms in total. The van der Waals surface area contributed by atoms with Crippen LogP contribution in [0.1, 0.15) is 30.0 Å². The molecule has 11 heteroatoms. The average Bonchev–Trinajstić information content (AvgIpc) is 3.49. The lowest BCUT2D eigenvalue weighted by Crippen LogP contribution is -2.44. The molecule has 198 valence electrons. The van der Waals surface area contributed by atoms with Crippen LogP contribution in [0.3, 0.4) is 0 Å². The maximum atomic E-state index is 13.8. The van der Waals surface area contributed by atoms with Crippen molar-refractivity contribution in [3.63, 3.8) is 0 Å². The minimum Gasteiger partial charge on any atom is -0.493 e. The third-order valence-corrected chi connectivity index (χ3v) is 6.88. The van der Waals surface area contributed by atoms with Gasteiger partial charge in [-0.05, 0) is 24.3 Å². The summed E-state index contributed by atoms with van der Waals surface area (Å²) in [5.41, 5.74) is 8.49. The third kappa shape index (κ3) is 4.44. The summed E-state index contributed by atoms with van der Waals surface area (Å²) in [6, 6.07) is 15.1. The van der Waals surface area contributed by atoms with Gasteiger partial charge in [-0.3, -0.25) is 14.5 Å². The molecule has 2 unspecified atom stereocenters. The molecule has 0 bridgehead atoms. The van der Waals surface area contributed by atoms with Crippen LogP contribution in [0.15, 0.2) is 60.7 Å². The number of benzene rings is 3. The number of amides is 1. The summed E-state index contributed by atoms with van der Waals surface area (Å²) in [6.45, 7) is 1.41. The van der Waals surface area contributed by atoms with Gasteiger partial charge in [-0.1, -0.05) is 37.3 Å². The van der Waals surface area contributed by atoms with Crippen LogP contribution < -0.4 is 25.4 Å². The van der Waals surface area contributed by atoms with E-state index in [0.29, 0.717) is 38.8 Å². The molecule has 0 aliphatic carbocycles. The zero-order valence-corrected chi connectivity index (χ0v) is 20.2. The second kappa shape index (κ2) is 9.47. The highest BCUT2D eigenvalue weighted by Crippen LogP contribution is 2.47. The van der Waals surface area contributed by atoms with Gasteiger partial charge in [0.1, 0.15) is 18.1 Å². The van der Waals surface area contributed by atoms with Gasteiger partial charge in [0.2, 0.25) is 0 Å². The molecule has 4 N–H and O–H groups in total. The van der Waals surface area contributed by atoms with Crippen LogP contribution >= 0.6 is 0 Å². The average molecular weight is 527 g/mol. The number of halogens is 3. The molecule has 3 atom stereocenters. The van der Waals surface area contributed by atoms with Crippen LogP contribution in [-0.2, 0) is 9.59 Å². The number of carboxylic acids is 1. The predicted molar refractivity (Wildman–Crippen MR) is 134 cm³/mol. The number of carbonyl (C=O) groups excluding carboxylic acids is 1. The van der Waals surface area contributed by atoms with E-state index < -0.39 is 35.9 Å². The Morgan fingerprint density at radius 2 is 1.76 bits per heavy atom. The van der Waals surface area contributed by atoms with Crippen LogP contribution in [0.25, 0.3) is 0 Å². The van der Waals surface area contributed by atoms with E-state index in [1.165, 1.54) is 18.2 Å². The number of anilines is 4. The van der Waals surface area contributed by atoms with Gasteiger partial charge in [-0.25, -0.2) is 0 Å². The second-order valence-electron chi connectivity index (χ2n) is 9.20. The molecule has 2 heterocycles. The smallest absolute Gasteiger partial charge is 0.471 e. The predicted octanol–water partition coefficient (Wildman–Crippen LogP) is 5.24. The molecule has 3 aromatic carbocycles. The first-order chi connectivity index (χ1) is 18.1. The number of aliphatic carboxylic acids is 1. The zero-order valence-electron chi connectivity index (χ0n) is 20.2. The zero-order chi connectivity index (χ0) is 27.2. The SMILES string of the molecule is CC(C(=O)O)[C@@H]1COc2cc(N(C(=O)C(F)(F)F)C3COc4c(Nc5ccccc5N)cccc43)ccc21. The van der Waals surface area contributed by atoms with Crippen molar-refractivity contribution in [2.45, 2.75) is 25.1 Å². The number of hydrogen-bond donors (Lipinski definition) is 3. The lowest BCUT2D eigenvalue weighted by molar-refractivity contribution is -0.171. The summed E-state index contributed by atoms with van der Waals surface area (Å²) in [5.74, 6) is -3.72. The van der Waals surface area contributed by atoms with Crippen molar-refractivity contribution in [2.24, 2.45) is 5.92 Å². The fourth-order valence-corrected chi connectivity index (χ4v) is 4.83. The Bertz CT molecular complexity index is 1410. The largest absolute Gasteiger partial charge is 0.493 e. The summed E-state index contributed by atoms with van der Waals surface area (Å²) >= 11 is 0. The van der Waals surface area contributed by atoms with Crippen molar-refractivity contribution in [3.8, 4) is 11.5 Å². The number of fused-ring (bicyclic) bond motifs is 2. The quantitative estimate of drug-likeness (QED) is 0.376. The Balaban J connectivity index is 1.53. The first kappa shape index (κ1) is 25.2. The van der Waals surface area contributed by atoms with E-state index in [2.05, 4.69) is 5.32 Å². The van der Waals surface area contributed by atoms with Crippen molar-refractivity contribution in [3.05, 3.63) is 71.8 Å². The van der Waals surface area contributed by atoms with E-state index in [1.54, 1.807) is 49.4 Å². The Morgan fingerprint density at radius 3 is 2.47 bits per heavy atom. The molecule has 1 amide bonds. The number of nitrogen functional groups attached to an aromatic ring is 1. The molecule has 0 saturated carbocycles. The maximum Gasteiger partial charge on any atom is 0.471 e. The molecule has 3 aromatic rings. The van der Waals surface area contributed by atoms with Gasteiger partial charge in [0, 0.05) is 28.8 Å². The normalized spacial score (nSPS) is 18.5. The number of para-hydroxylation sites is 3. The van der Waals surface area contributed by atoms with E-state index in [4.69, 9.17) is 15.2 Å². The Kier molecular flexibility index (Phi) is 6.29. The monoisotopic (exact) mass is 527 g/mol. The first-order valence-corrected chi connectivity index (χ1v) is 11.8. The number of carbonyl (C=O) groups is 2. The number of alkyl halides is 3. The molecule has 2 aliphatic heterocycles. The van der Waals surface area contributed by atoms with Crippen LogP contribution in [-0.4, -0.2) is 36.4 Å². The van der Waals surface area contributed by atoms with Crippen LogP contribution in [0.5, 0.6) is 11.5 Å². The van der Waals surface area contributed by atoms with Gasteiger partial charge in [0.05, 0.1) is 35.6 Å². The van der Waals surface area contributed by atoms with Crippen molar-refractivity contribution < 1.29 is 37.3 Å². The lowest BCUT2D eigenvalue weighted by atomic mass is 9.89. The summed E-state index contributed by atoms with van der Waals surface area (Å²) in [7, 11) is 0. The minimum atomic E-state index is -5.16. The van der Waals surface area contributed by atoms with Gasteiger partial charge in [-0.2, -0.15) is 13.2 Å². The standard InChI is InChI=1S/C27H24F3N3O5/c1-14(25(34)35)18-12-37-23-11-15(9-10-16(18)23)33(26(36)27(28,29)30)22-13-38-24-17(22)5-4-8-21(24)32-20-7-3-2-6-19(20)31/h2-11,14,18,22,32H,12-13,31H2,1H3,(H,34,35)/t14?,18-,22?/m0/s1. The molecular formula is C27H24F3N3O5. The van der Waals surface area contributed by atoms with Gasteiger partial charge in [-0.15, -0.1) is 0 Å². The minimum absolute atomic E-state index is 0.0400. The number of carboxylic acid groups (broad SMARTS) is 1. The van der Waals surface area contributed by atoms with E-state index in [-0.39, 0.29) is 24.7 Å². The Morgan fingerprint density at radius 1 is 1.03 bits per heavy atom. The van der Waals surface area contributed by atoms with Gasteiger partial charge in [0.25, 0.3) is 0 Å². The van der Waals surface area contributed by atoms with Crippen molar-refractivity contribution in [2.75, 3.05) is 29.2 Å². The highest BCUT2D eigenvalue weighted by Gasteiger charge is 2.48. The molecule has 0 radical (unpaired) electrons. The third-order valence-electron chi connectivity index (χ3n) is 6.88.